The number of fused-ring (bicyclic) bond motifs is 1. The van der Waals surface area contributed by atoms with E-state index < -0.39 is 54.0 Å². The number of esters is 1. The van der Waals surface area contributed by atoms with E-state index in [2.05, 4.69) is 0 Å². The summed E-state index contributed by atoms with van der Waals surface area (Å²) in [5.41, 5.74) is -0.141. The van der Waals surface area contributed by atoms with Gasteiger partial charge in [-0.15, -0.1) is 0 Å². The second-order valence-corrected chi connectivity index (χ2v) is 6.20. The van der Waals surface area contributed by atoms with Crippen molar-refractivity contribution in [2.45, 2.75) is 32.7 Å². The van der Waals surface area contributed by atoms with E-state index in [0.717, 1.165) is 4.90 Å². The van der Waals surface area contributed by atoms with E-state index in [-0.39, 0.29) is 5.71 Å². The summed E-state index contributed by atoms with van der Waals surface area (Å²) in [6.07, 6.45) is 4.63. The number of ether oxygens (including phenoxy) is 1. The van der Waals surface area contributed by atoms with Gasteiger partial charge in [-0.05, 0) is 26.7 Å². The summed E-state index contributed by atoms with van der Waals surface area (Å²) >= 11 is 0. The number of allylic oxidation sites excluding steroid dienone is 2. The van der Waals surface area contributed by atoms with Crippen molar-refractivity contribution in [1.82, 2.24) is 4.90 Å². The molecule has 1 heterocycles. The van der Waals surface area contributed by atoms with Crippen LogP contribution in [0.15, 0.2) is 12.2 Å². The molecule has 2 aliphatic rings. The summed E-state index contributed by atoms with van der Waals surface area (Å²) in [5.74, 6) is -4.57. The molecule has 0 radical (unpaired) electrons. The zero-order chi connectivity index (χ0) is 18.7. The summed E-state index contributed by atoms with van der Waals surface area (Å²) in [6.45, 7) is 2.01. The van der Waals surface area contributed by atoms with Crippen molar-refractivity contribution < 1.29 is 23.9 Å². The monoisotopic (exact) mass is 345 g/mol. The number of rotatable bonds is 6. The van der Waals surface area contributed by atoms with Gasteiger partial charge in [0.1, 0.15) is 12.0 Å². The van der Waals surface area contributed by atoms with E-state index in [1.807, 2.05) is 12.2 Å². The molecule has 25 heavy (non-hydrogen) atoms. The van der Waals surface area contributed by atoms with Gasteiger partial charge in [-0.2, -0.15) is 5.26 Å². The van der Waals surface area contributed by atoms with Gasteiger partial charge >= 0.3 is 5.97 Å². The first kappa shape index (κ1) is 18.5. The van der Waals surface area contributed by atoms with E-state index in [0.29, 0.717) is 12.8 Å². The normalized spacial score (nSPS) is 24.3. The second kappa shape index (κ2) is 7.38. The Morgan fingerprint density at radius 1 is 1.32 bits per heavy atom. The predicted octanol–water partition coefficient (Wildman–Crippen LogP) is 0.618. The van der Waals surface area contributed by atoms with E-state index in [1.54, 1.807) is 6.07 Å². The fourth-order valence-corrected chi connectivity index (χ4v) is 3.07. The fraction of sp³-hybridized carbons (Fsp3) is 0.529. The Kier molecular flexibility index (Phi) is 5.47. The van der Waals surface area contributed by atoms with Crippen LogP contribution in [0.3, 0.4) is 0 Å². The number of hydrogen-bond acceptors (Lipinski definition) is 7. The third kappa shape index (κ3) is 3.50. The summed E-state index contributed by atoms with van der Waals surface area (Å²) in [7, 11) is 0. The minimum absolute atomic E-state index is 0.141. The van der Waals surface area contributed by atoms with Crippen LogP contribution in [-0.4, -0.2) is 46.8 Å². The average molecular weight is 345 g/mol. The van der Waals surface area contributed by atoms with Crippen molar-refractivity contribution in [2.75, 3.05) is 6.61 Å². The SMILES string of the molecule is CC(=N)[C@H](C#N)C(=O)COC(=O)[C@H](C)N1C(=O)[C@@H]2CC=CC[C@H]2C1=O. The van der Waals surface area contributed by atoms with Gasteiger partial charge in [0.2, 0.25) is 11.8 Å². The van der Waals surface area contributed by atoms with Crippen LogP contribution in [0.5, 0.6) is 0 Å². The van der Waals surface area contributed by atoms with E-state index >= 15 is 0 Å². The van der Waals surface area contributed by atoms with Crippen molar-refractivity contribution in [3.63, 3.8) is 0 Å². The second-order valence-electron chi connectivity index (χ2n) is 6.20. The molecule has 1 saturated heterocycles. The zero-order valence-electron chi connectivity index (χ0n) is 14.0. The highest BCUT2D eigenvalue weighted by atomic mass is 16.5. The summed E-state index contributed by atoms with van der Waals surface area (Å²) in [4.78, 5) is 49.7. The number of hydrogen-bond donors (Lipinski definition) is 1. The van der Waals surface area contributed by atoms with Crippen molar-refractivity contribution >= 4 is 29.3 Å². The first-order chi connectivity index (χ1) is 11.8. The molecular formula is C17H19N3O5. The van der Waals surface area contributed by atoms with Crippen LogP contribution in [0.2, 0.25) is 0 Å². The maximum absolute atomic E-state index is 12.4. The molecule has 0 unspecified atom stereocenters. The quantitative estimate of drug-likeness (QED) is 0.325. The molecule has 0 saturated carbocycles. The molecule has 0 aromatic carbocycles. The van der Waals surface area contributed by atoms with E-state index in [4.69, 9.17) is 15.4 Å². The minimum atomic E-state index is -1.27. The number of nitriles is 1. The summed E-state index contributed by atoms with van der Waals surface area (Å²) in [5, 5.41) is 16.2. The Morgan fingerprint density at radius 3 is 2.28 bits per heavy atom. The topological polar surface area (TPSA) is 128 Å². The standard InChI is InChI=1S/C17H19N3O5/c1-9(19)13(7-18)14(21)8-25-17(24)10(2)20-15(22)11-5-3-4-6-12(11)16(20)23/h3-4,10-13,19H,5-6,8H2,1-2H3/t10-,11+,12+,13-/m0/s1. The number of Topliss-reactive ketones (excluding diaryl/α,β-unsaturated/α-hetero) is 1. The molecule has 0 bridgehead atoms. The molecule has 4 atom stereocenters. The molecule has 0 aromatic heterocycles. The number of carbonyl (C=O) groups is 4. The number of amides is 2. The first-order valence-corrected chi connectivity index (χ1v) is 7.95. The maximum atomic E-state index is 12.4. The number of nitrogens with zero attached hydrogens (tertiary/aromatic N) is 2. The zero-order valence-corrected chi connectivity index (χ0v) is 14.0. The molecule has 8 heteroatoms. The van der Waals surface area contributed by atoms with Crippen LogP contribution in [0.25, 0.3) is 0 Å². The van der Waals surface area contributed by atoms with Gasteiger partial charge in [0.15, 0.2) is 12.4 Å². The molecular weight excluding hydrogens is 326 g/mol. The lowest BCUT2D eigenvalue weighted by Gasteiger charge is -2.21. The van der Waals surface area contributed by atoms with Crippen LogP contribution in [0, 0.1) is 34.5 Å². The van der Waals surface area contributed by atoms with Crippen LogP contribution in [0.4, 0.5) is 0 Å². The minimum Gasteiger partial charge on any atom is -0.456 e. The van der Waals surface area contributed by atoms with Crippen molar-refractivity contribution in [2.24, 2.45) is 17.8 Å². The lowest BCUT2D eigenvalue weighted by atomic mass is 9.85. The highest BCUT2D eigenvalue weighted by Crippen LogP contribution is 2.36. The van der Waals surface area contributed by atoms with Gasteiger partial charge in [-0.25, -0.2) is 4.79 Å². The Bertz CT molecular complexity index is 680. The summed E-state index contributed by atoms with van der Waals surface area (Å²) < 4.78 is 4.86. The number of likely N-dealkylation sites (tertiary alicyclic amines) is 1. The van der Waals surface area contributed by atoms with E-state index in [1.165, 1.54) is 13.8 Å². The Labute approximate surface area is 144 Å². The number of ketones is 1. The van der Waals surface area contributed by atoms with Crippen LogP contribution in [0.1, 0.15) is 26.7 Å². The maximum Gasteiger partial charge on any atom is 0.329 e. The van der Waals surface area contributed by atoms with Crippen LogP contribution >= 0.6 is 0 Å². The van der Waals surface area contributed by atoms with Gasteiger partial charge in [-0.3, -0.25) is 19.3 Å². The average Bonchev–Trinajstić information content (AvgIpc) is 2.84. The van der Waals surface area contributed by atoms with Gasteiger partial charge in [0.05, 0.1) is 17.9 Å². The lowest BCUT2D eigenvalue weighted by Crippen LogP contribution is -2.45. The fourth-order valence-electron chi connectivity index (χ4n) is 3.07. The van der Waals surface area contributed by atoms with E-state index in [9.17, 15) is 19.2 Å². The molecule has 1 N–H and O–H groups in total. The van der Waals surface area contributed by atoms with Gasteiger partial charge < -0.3 is 10.1 Å². The smallest absolute Gasteiger partial charge is 0.329 e. The molecule has 0 aromatic rings. The van der Waals surface area contributed by atoms with Crippen LogP contribution < -0.4 is 0 Å². The van der Waals surface area contributed by atoms with Gasteiger partial charge in [-0.1, -0.05) is 12.2 Å². The van der Waals surface area contributed by atoms with Crippen molar-refractivity contribution in [1.29, 1.82) is 10.7 Å². The summed E-state index contributed by atoms with van der Waals surface area (Å²) in [6, 6.07) is 0.527. The highest BCUT2D eigenvalue weighted by molar-refractivity contribution is 6.08. The Morgan fingerprint density at radius 2 is 1.84 bits per heavy atom. The molecule has 132 valence electrons. The third-order valence-electron chi connectivity index (χ3n) is 4.51. The molecule has 1 aliphatic carbocycles. The Hall–Kier alpha value is -2.82. The predicted molar refractivity (Wildman–Crippen MR) is 85.1 cm³/mol. The number of imide groups is 1. The highest BCUT2D eigenvalue weighted by Gasteiger charge is 2.50. The number of carbonyl (C=O) groups excluding carboxylic acids is 4. The van der Waals surface area contributed by atoms with Crippen molar-refractivity contribution in [3.05, 3.63) is 12.2 Å². The number of nitrogens with one attached hydrogen (secondary N) is 1. The molecule has 1 aliphatic heterocycles. The van der Waals surface area contributed by atoms with Crippen LogP contribution in [-0.2, 0) is 23.9 Å². The molecule has 0 spiro atoms. The Balaban J connectivity index is 2.00. The molecule has 8 nitrogen and oxygen atoms in total. The van der Waals surface area contributed by atoms with Crippen molar-refractivity contribution in [3.8, 4) is 6.07 Å². The molecule has 2 amide bonds. The molecule has 1 fully saturated rings. The molecule has 2 rings (SSSR count). The largest absolute Gasteiger partial charge is 0.456 e. The van der Waals surface area contributed by atoms with Gasteiger partial charge in [0, 0.05) is 5.71 Å². The van der Waals surface area contributed by atoms with Gasteiger partial charge in [0.25, 0.3) is 0 Å². The lowest BCUT2D eigenvalue weighted by molar-refractivity contribution is -0.159. The third-order valence-corrected chi connectivity index (χ3v) is 4.51. The first-order valence-electron chi connectivity index (χ1n) is 7.95.